The van der Waals surface area contributed by atoms with Crippen LogP contribution in [0.25, 0.3) is 0 Å². The highest BCUT2D eigenvalue weighted by molar-refractivity contribution is 5.94. The second-order valence-electron chi connectivity index (χ2n) is 5.17. The lowest BCUT2D eigenvalue weighted by Crippen LogP contribution is -2.39. The molecular formula is C14H24N4O3. The lowest BCUT2D eigenvalue weighted by Gasteiger charge is -2.22. The third kappa shape index (κ3) is 5.55. The Labute approximate surface area is 125 Å². The molecule has 0 atom stereocenters. The number of nitrogens with two attached hydrogens (primary N) is 1. The van der Waals surface area contributed by atoms with E-state index in [4.69, 9.17) is 10.5 Å². The Morgan fingerprint density at radius 3 is 2.76 bits per heavy atom. The van der Waals surface area contributed by atoms with Gasteiger partial charge in [-0.25, -0.2) is 4.98 Å². The van der Waals surface area contributed by atoms with Crippen molar-refractivity contribution in [1.82, 2.24) is 14.5 Å². The number of esters is 1. The van der Waals surface area contributed by atoms with Crippen LogP contribution in [0.3, 0.4) is 0 Å². The van der Waals surface area contributed by atoms with Gasteiger partial charge in [-0.05, 0) is 12.8 Å². The van der Waals surface area contributed by atoms with E-state index in [-0.39, 0.29) is 18.4 Å². The fourth-order valence-electron chi connectivity index (χ4n) is 1.93. The fraction of sp³-hybridized carbons (Fsp3) is 0.643. The number of hydrogen-bond donors (Lipinski definition) is 1. The molecule has 0 fully saturated rings. The number of carbonyl (C=O) groups is 2. The maximum absolute atomic E-state index is 12.4. The van der Waals surface area contributed by atoms with Crippen LogP contribution in [-0.4, -0.2) is 52.6 Å². The number of amides is 1. The van der Waals surface area contributed by atoms with E-state index in [2.05, 4.69) is 4.98 Å². The summed E-state index contributed by atoms with van der Waals surface area (Å²) in [6.07, 6.45) is 3.21. The van der Waals surface area contributed by atoms with Crippen molar-refractivity contribution in [3.8, 4) is 0 Å². The lowest BCUT2D eigenvalue weighted by atomic mass is 10.2. The molecule has 0 bridgehead atoms. The van der Waals surface area contributed by atoms with E-state index in [1.807, 2.05) is 13.8 Å². The van der Waals surface area contributed by atoms with Crippen LogP contribution in [0.2, 0.25) is 0 Å². The molecule has 0 aliphatic rings. The van der Waals surface area contributed by atoms with Gasteiger partial charge in [0, 0.05) is 25.8 Å². The van der Waals surface area contributed by atoms with Crippen LogP contribution in [0, 0.1) is 5.92 Å². The number of aromatic nitrogens is 2. The summed E-state index contributed by atoms with van der Waals surface area (Å²) in [6, 6.07) is 0. The van der Waals surface area contributed by atoms with Gasteiger partial charge in [-0.15, -0.1) is 0 Å². The quantitative estimate of drug-likeness (QED) is 0.706. The summed E-state index contributed by atoms with van der Waals surface area (Å²) in [6.45, 7) is 7.49. The van der Waals surface area contributed by atoms with E-state index in [0.717, 1.165) is 0 Å². The Kier molecular flexibility index (Phi) is 6.87. The van der Waals surface area contributed by atoms with E-state index < -0.39 is 5.97 Å². The number of nitrogens with zero attached hydrogens (tertiary/aromatic N) is 3. The molecule has 1 amide bonds. The number of hydrogen-bond acceptors (Lipinski definition) is 5. The minimum absolute atomic E-state index is 0.0609. The highest BCUT2D eigenvalue weighted by Crippen LogP contribution is 2.07. The van der Waals surface area contributed by atoms with E-state index in [1.165, 1.54) is 4.90 Å². The lowest BCUT2D eigenvalue weighted by molar-refractivity contribution is -0.143. The van der Waals surface area contributed by atoms with Crippen LogP contribution in [-0.2, 0) is 16.1 Å². The van der Waals surface area contributed by atoms with Gasteiger partial charge in [0.2, 0.25) is 0 Å². The number of carbonyl (C=O) groups excluding carboxylic acids is 2. The topological polar surface area (TPSA) is 90.5 Å². The van der Waals surface area contributed by atoms with Gasteiger partial charge in [-0.3, -0.25) is 9.59 Å². The second-order valence-corrected chi connectivity index (χ2v) is 5.17. The monoisotopic (exact) mass is 296 g/mol. The third-order valence-electron chi connectivity index (χ3n) is 2.74. The maximum atomic E-state index is 12.4. The van der Waals surface area contributed by atoms with Crippen molar-refractivity contribution in [2.24, 2.45) is 11.7 Å². The molecule has 7 heteroatoms. The van der Waals surface area contributed by atoms with Gasteiger partial charge in [0.15, 0.2) is 0 Å². The van der Waals surface area contributed by atoms with Gasteiger partial charge >= 0.3 is 5.97 Å². The van der Waals surface area contributed by atoms with Crippen LogP contribution < -0.4 is 5.73 Å². The summed E-state index contributed by atoms with van der Waals surface area (Å²) in [5.74, 6) is -0.435. The summed E-state index contributed by atoms with van der Waals surface area (Å²) in [5, 5.41) is 0. The van der Waals surface area contributed by atoms with Gasteiger partial charge in [-0.1, -0.05) is 13.8 Å². The predicted molar refractivity (Wildman–Crippen MR) is 78.7 cm³/mol. The van der Waals surface area contributed by atoms with Crippen LogP contribution in [0.15, 0.2) is 12.5 Å². The van der Waals surface area contributed by atoms with Crippen LogP contribution in [0.5, 0.6) is 0 Å². The molecule has 0 saturated heterocycles. The summed E-state index contributed by atoms with van der Waals surface area (Å²) >= 11 is 0. The first kappa shape index (κ1) is 17.2. The molecule has 0 unspecified atom stereocenters. The summed E-state index contributed by atoms with van der Waals surface area (Å²) in [7, 11) is 0. The van der Waals surface area contributed by atoms with Gasteiger partial charge in [0.1, 0.15) is 12.2 Å². The van der Waals surface area contributed by atoms with Gasteiger partial charge in [-0.2, -0.15) is 0 Å². The fourth-order valence-corrected chi connectivity index (χ4v) is 1.93. The number of ether oxygens (including phenoxy) is 1. The normalized spacial score (nSPS) is 10.7. The van der Waals surface area contributed by atoms with E-state index >= 15 is 0 Å². The molecule has 7 nitrogen and oxygen atoms in total. The van der Waals surface area contributed by atoms with Crippen molar-refractivity contribution < 1.29 is 14.3 Å². The largest absolute Gasteiger partial charge is 0.465 e. The van der Waals surface area contributed by atoms with Crippen molar-refractivity contribution in [2.75, 3.05) is 26.2 Å². The van der Waals surface area contributed by atoms with Crippen molar-refractivity contribution in [3.05, 3.63) is 18.2 Å². The first-order valence-electron chi connectivity index (χ1n) is 7.14. The Morgan fingerprint density at radius 2 is 2.19 bits per heavy atom. The predicted octanol–water partition coefficient (Wildman–Crippen LogP) is 0.503. The molecular weight excluding hydrogens is 272 g/mol. The van der Waals surface area contributed by atoms with Crippen molar-refractivity contribution in [3.63, 3.8) is 0 Å². The Morgan fingerprint density at radius 1 is 1.48 bits per heavy atom. The zero-order valence-electron chi connectivity index (χ0n) is 12.9. The molecule has 0 radical (unpaired) electrons. The second kappa shape index (κ2) is 8.41. The molecule has 2 N–H and O–H groups in total. The summed E-state index contributed by atoms with van der Waals surface area (Å²) in [5.41, 5.74) is 5.78. The molecule has 0 aliphatic carbocycles. The molecule has 0 aromatic carbocycles. The van der Waals surface area contributed by atoms with Gasteiger partial charge < -0.3 is 19.9 Å². The standard InChI is InChI=1S/C14H24N4O3/c1-4-21-13(19)9-18(7-11(2)3)14(20)12-8-17(6-5-15)10-16-12/h8,10-11H,4-7,9,15H2,1-3H3. The minimum Gasteiger partial charge on any atom is -0.465 e. The molecule has 118 valence electrons. The Hall–Kier alpha value is -1.89. The molecule has 1 heterocycles. The maximum Gasteiger partial charge on any atom is 0.325 e. The average molecular weight is 296 g/mol. The SMILES string of the molecule is CCOC(=O)CN(CC(C)C)C(=O)c1cn(CCN)cn1. The van der Waals surface area contributed by atoms with Crippen molar-refractivity contribution in [2.45, 2.75) is 27.3 Å². The molecule has 1 rings (SSSR count). The third-order valence-corrected chi connectivity index (χ3v) is 2.74. The van der Waals surface area contributed by atoms with Gasteiger partial charge in [0.05, 0.1) is 12.9 Å². The minimum atomic E-state index is -0.409. The molecule has 0 spiro atoms. The molecule has 1 aromatic rings. The first-order valence-corrected chi connectivity index (χ1v) is 7.14. The smallest absolute Gasteiger partial charge is 0.325 e. The highest BCUT2D eigenvalue weighted by atomic mass is 16.5. The number of rotatable bonds is 8. The molecule has 1 aromatic heterocycles. The first-order chi connectivity index (χ1) is 9.97. The van der Waals surface area contributed by atoms with Gasteiger partial charge in [0.25, 0.3) is 5.91 Å². The molecule has 0 saturated carbocycles. The average Bonchev–Trinajstić information content (AvgIpc) is 2.86. The highest BCUT2D eigenvalue weighted by Gasteiger charge is 2.22. The van der Waals surface area contributed by atoms with Crippen LogP contribution in [0.1, 0.15) is 31.3 Å². The van der Waals surface area contributed by atoms with Crippen LogP contribution in [0.4, 0.5) is 0 Å². The molecule has 0 aliphatic heterocycles. The zero-order chi connectivity index (χ0) is 15.8. The van der Waals surface area contributed by atoms with Crippen LogP contribution >= 0.6 is 0 Å². The number of imidazole rings is 1. The van der Waals surface area contributed by atoms with E-state index in [0.29, 0.717) is 31.9 Å². The van der Waals surface area contributed by atoms with Crippen molar-refractivity contribution >= 4 is 11.9 Å². The molecule has 21 heavy (non-hydrogen) atoms. The Bertz CT molecular complexity index is 471. The zero-order valence-corrected chi connectivity index (χ0v) is 12.9. The van der Waals surface area contributed by atoms with Crippen molar-refractivity contribution in [1.29, 1.82) is 0 Å². The summed E-state index contributed by atoms with van der Waals surface area (Å²) < 4.78 is 6.66. The summed E-state index contributed by atoms with van der Waals surface area (Å²) in [4.78, 5) is 29.6. The Balaban J connectivity index is 2.80. The van der Waals surface area contributed by atoms with E-state index in [9.17, 15) is 9.59 Å². The van der Waals surface area contributed by atoms with E-state index in [1.54, 1.807) is 24.0 Å².